The number of rotatable bonds is 4. The van der Waals surface area contributed by atoms with E-state index in [1.54, 1.807) is 24.3 Å². The summed E-state index contributed by atoms with van der Waals surface area (Å²) in [5.74, 6) is -1.61. The SMILES string of the molecule is CC(=O)Nc1ccc(CNc2c(F)cc(F)cc2Cl)cc1. The summed E-state index contributed by atoms with van der Waals surface area (Å²) in [5.41, 5.74) is 1.60. The van der Waals surface area contributed by atoms with Gasteiger partial charge in [-0.1, -0.05) is 23.7 Å². The van der Waals surface area contributed by atoms with Gasteiger partial charge in [-0.2, -0.15) is 0 Å². The molecule has 0 unspecified atom stereocenters. The van der Waals surface area contributed by atoms with Gasteiger partial charge in [0.1, 0.15) is 5.82 Å². The summed E-state index contributed by atoms with van der Waals surface area (Å²) in [6, 6.07) is 8.87. The van der Waals surface area contributed by atoms with Crippen LogP contribution in [-0.4, -0.2) is 5.91 Å². The molecule has 2 rings (SSSR count). The lowest BCUT2D eigenvalue weighted by Gasteiger charge is -2.10. The van der Waals surface area contributed by atoms with Gasteiger partial charge in [-0.3, -0.25) is 4.79 Å². The van der Waals surface area contributed by atoms with E-state index in [1.165, 1.54) is 6.92 Å². The van der Waals surface area contributed by atoms with E-state index in [4.69, 9.17) is 11.6 Å². The van der Waals surface area contributed by atoms with Crippen molar-refractivity contribution in [3.8, 4) is 0 Å². The number of hydrogen-bond acceptors (Lipinski definition) is 2. The predicted octanol–water partition coefficient (Wildman–Crippen LogP) is 4.19. The van der Waals surface area contributed by atoms with E-state index >= 15 is 0 Å². The zero-order valence-corrected chi connectivity index (χ0v) is 12.0. The molecule has 2 N–H and O–H groups in total. The minimum Gasteiger partial charge on any atom is -0.377 e. The number of amides is 1. The molecule has 21 heavy (non-hydrogen) atoms. The van der Waals surface area contributed by atoms with Gasteiger partial charge in [-0.25, -0.2) is 8.78 Å². The van der Waals surface area contributed by atoms with E-state index in [0.717, 1.165) is 17.7 Å². The number of carbonyl (C=O) groups excluding carboxylic acids is 1. The quantitative estimate of drug-likeness (QED) is 0.889. The fraction of sp³-hybridized carbons (Fsp3) is 0.133. The topological polar surface area (TPSA) is 41.1 Å². The molecule has 0 saturated carbocycles. The molecule has 0 aliphatic carbocycles. The highest BCUT2D eigenvalue weighted by Gasteiger charge is 2.09. The molecule has 2 aromatic rings. The zero-order valence-electron chi connectivity index (χ0n) is 11.2. The fourth-order valence-corrected chi connectivity index (χ4v) is 2.07. The van der Waals surface area contributed by atoms with Crippen LogP contribution >= 0.6 is 11.6 Å². The second-order valence-electron chi connectivity index (χ2n) is 4.48. The minimum atomic E-state index is -0.741. The third kappa shape index (κ3) is 4.16. The van der Waals surface area contributed by atoms with Gasteiger partial charge in [0.15, 0.2) is 5.82 Å². The van der Waals surface area contributed by atoms with Crippen LogP contribution < -0.4 is 10.6 Å². The highest BCUT2D eigenvalue weighted by atomic mass is 35.5. The van der Waals surface area contributed by atoms with Crippen molar-refractivity contribution in [3.05, 3.63) is 58.6 Å². The molecule has 0 bridgehead atoms. The molecule has 2 aromatic carbocycles. The maximum absolute atomic E-state index is 13.6. The Morgan fingerprint density at radius 2 is 1.86 bits per heavy atom. The van der Waals surface area contributed by atoms with Gasteiger partial charge < -0.3 is 10.6 Å². The molecular formula is C15H13ClF2N2O. The lowest BCUT2D eigenvalue weighted by molar-refractivity contribution is -0.114. The first kappa shape index (κ1) is 15.3. The fourth-order valence-electron chi connectivity index (χ4n) is 1.81. The van der Waals surface area contributed by atoms with Crippen LogP contribution in [0.1, 0.15) is 12.5 Å². The van der Waals surface area contributed by atoms with Crippen LogP contribution in [-0.2, 0) is 11.3 Å². The molecule has 0 aromatic heterocycles. The van der Waals surface area contributed by atoms with Crippen LogP contribution in [0.4, 0.5) is 20.2 Å². The largest absolute Gasteiger partial charge is 0.377 e. The molecule has 0 radical (unpaired) electrons. The van der Waals surface area contributed by atoms with Gasteiger partial charge >= 0.3 is 0 Å². The third-order valence-electron chi connectivity index (χ3n) is 2.75. The Hall–Kier alpha value is -2.14. The summed E-state index contributed by atoms with van der Waals surface area (Å²) in [5, 5.41) is 5.46. The molecule has 0 spiro atoms. The molecule has 0 fully saturated rings. The van der Waals surface area contributed by atoms with E-state index in [-0.39, 0.29) is 16.6 Å². The van der Waals surface area contributed by atoms with Crippen molar-refractivity contribution in [2.45, 2.75) is 13.5 Å². The number of halogens is 3. The van der Waals surface area contributed by atoms with Crippen LogP contribution in [0.5, 0.6) is 0 Å². The smallest absolute Gasteiger partial charge is 0.221 e. The van der Waals surface area contributed by atoms with Crippen molar-refractivity contribution in [2.75, 3.05) is 10.6 Å². The Morgan fingerprint density at radius 3 is 2.43 bits per heavy atom. The van der Waals surface area contributed by atoms with E-state index < -0.39 is 11.6 Å². The number of carbonyl (C=O) groups is 1. The first-order valence-electron chi connectivity index (χ1n) is 6.20. The van der Waals surface area contributed by atoms with Gasteiger partial charge in [-0.15, -0.1) is 0 Å². The van der Waals surface area contributed by atoms with Gasteiger partial charge in [-0.05, 0) is 23.8 Å². The Bertz CT molecular complexity index is 636. The van der Waals surface area contributed by atoms with Gasteiger partial charge in [0.05, 0.1) is 10.7 Å². The summed E-state index contributed by atoms with van der Waals surface area (Å²) in [6.45, 7) is 1.75. The van der Waals surface area contributed by atoms with Crippen molar-refractivity contribution in [2.24, 2.45) is 0 Å². The minimum absolute atomic E-state index is 0.0117. The highest BCUT2D eigenvalue weighted by Crippen LogP contribution is 2.26. The maximum Gasteiger partial charge on any atom is 0.221 e. The first-order chi connectivity index (χ1) is 9.95. The Kier molecular flexibility index (Phi) is 4.75. The van der Waals surface area contributed by atoms with E-state index in [0.29, 0.717) is 12.2 Å². The number of benzene rings is 2. The normalized spacial score (nSPS) is 10.3. The van der Waals surface area contributed by atoms with E-state index in [9.17, 15) is 13.6 Å². The van der Waals surface area contributed by atoms with Crippen LogP contribution in [0.15, 0.2) is 36.4 Å². The maximum atomic E-state index is 13.6. The second kappa shape index (κ2) is 6.54. The van der Waals surface area contributed by atoms with Crippen LogP contribution in [0.2, 0.25) is 5.02 Å². The van der Waals surface area contributed by atoms with E-state index in [2.05, 4.69) is 10.6 Å². The summed E-state index contributed by atoms with van der Waals surface area (Å²) < 4.78 is 26.5. The summed E-state index contributed by atoms with van der Waals surface area (Å²) >= 11 is 5.79. The molecule has 0 aliphatic rings. The van der Waals surface area contributed by atoms with Crippen molar-refractivity contribution < 1.29 is 13.6 Å². The van der Waals surface area contributed by atoms with Crippen LogP contribution in [0.3, 0.4) is 0 Å². The monoisotopic (exact) mass is 310 g/mol. The first-order valence-corrected chi connectivity index (χ1v) is 6.58. The van der Waals surface area contributed by atoms with Crippen molar-refractivity contribution in [3.63, 3.8) is 0 Å². The molecule has 0 heterocycles. The highest BCUT2D eigenvalue weighted by molar-refractivity contribution is 6.33. The van der Waals surface area contributed by atoms with Crippen LogP contribution in [0.25, 0.3) is 0 Å². The standard InChI is InChI=1S/C15H13ClF2N2O/c1-9(21)20-12-4-2-10(3-5-12)8-19-15-13(16)6-11(17)7-14(15)18/h2-7,19H,8H2,1H3,(H,20,21). The summed E-state index contributed by atoms with van der Waals surface area (Å²) in [6.07, 6.45) is 0. The number of hydrogen-bond donors (Lipinski definition) is 2. The number of nitrogens with one attached hydrogen (secondary N) is 2. The van der Waals surface area contributed by atoms with E-state index in [1.807, 2.05) is 0 Å². The molecule has 0 saturated heterocycles. The van der Waals surface area contributed by atoms with Gasteiger partial charge in [0, 0.05) is 25.2 Å². The Morgan fingerprint density at radius 1 is 1.19 bits per heavy atom. The van der Waals surface area contributed by atoms with Crippen molar-refractivity contribution in [1.29, 1.82) is 0 Å². The van der Waals surface area contributed by atoms with Gasteiger partial charge in [0.2, 0.25) is 5.91 Å². The summed E-state index contributed by atoms with van der Waals surface area (Å²) in [7, 11) is 0. The Balaban J connectivity index is 2.05. The predicted molar refractivity (Wildman–Crippen MR) is 79.4 cm³/mol. The molecule has 0 aliphatic heterocycles. The zero-order chi connectivity index (χ0) is 15.4. The average molecular weight is 311 g/mol. The second-order valence-corrected chi connectivity index (χ2v) is 4.88. The van der Waals surface area contributed by atoms with Gasteiger partial charge in [0.25, 0.3) is 0 Å². The van der Waals surface area contributed by atoms with Crippen molar-refractivity contribution in [1.82, 2.24) is 0 Å². The molecular weight excluding hydrogens is 298 g/mol. The molecule has 0 atom stereocenters. The number of anilines is 2. The average Bonchev–Trinajstić information content (AvgIpc) is 2.38. The lowest BCUT2D eigenvalue weighted by atomic mass is 10.2. The molecule has 1 amide bonds. The Labute approximate surface area is 125 Å². The molecule has 3 nitrogen and oxygen atoms in total. The molecule has 110 valence electrons. The molecule has 6 heteroatoms. The van der Waals surface area contributed by atoms with Crippen molar-refractivity contribution >= 4 is 28.9 Å². The summed E-state index contributed by atoms with van der Waals surface area (Å²) in [4.78, 5) is 10.9. The third-order valence-corrected chi connectivity index (χ3v) is 3.05. The van der Waals surface area contributed by atoms with Crippen LogP contribution in [0, 0.1) is 11.6 Å². The lowest BCUT2D eigenvalue weighted by Crippen LogP contribution is -2.06.